The summed E-state index contributed by atoms with van der Waals surface area (Å²) in [4.78, 5) is 11.8. The third-order valence-corrected chi connectivity index (χ3v) is 6.35. The molecule has 25 heavy (non-hydrogen) atoms. The van der Waals surface area contributed by atoms with Gasteiger partial charge in [0.25, 0.3) is 10.0 Å². The topological polar surface area (TPSA) is 89.3 Å². The van der Waals surface area contributed by atoms with Crippen LogP contribution in [0, 0.1) is 0 Å². The molecule has 2 aromatic rings. The second-order valence-corrected chi connectivity index (χ2v) is 8.43. The molecule has 1 atom stereocenters. The molecule has 7 heteroatoms. The van der Waals surface area contributed by atoms with Gasteiger partial charge in [0.1, 0.15) is 0 Å². The van der Waals surface area contributed by atoms with E-state index in [4.69, 9.17) is 5.73 Å². The average molecular weight is 379 g/mol. The molecular weight excluding hydrogens is 356 g/mol. The van der Waals surface area contributed by atoms with E-state index < -0.39 is 15.9 Å². The van der Waals surface area contributed by atoms with Crippen LogP contribution in [-0.2, 0) is 14.8 Å². The molecule has 0 aliphatic heterocycles. The van der Waals surface area contributed by atoms with E-state index in [9.17, 15) is 13.2 Å². The summed E-state index contributed by atoms with van der Waals surface area (Å²) in [6.07, 6.45) is 0.995. The SMILES string of the molecule is CC[C@H](C)c1ccc(S(=O)(=O)Nc2ccccc2SCC(N)=O)cc1. The van der Waals surface area contributed by atoms with Gasteiger partial charge in [-0.2, -0.15) is 0 Å². The first-order valence-electron chi connectivity index (χ1n) is 7.96. The summed E-state index contributed by atoms with van der Waals surface area (Å²) in [7, 11) is -3.70. The lowest BCUT2D eigenvalue weighted by Gasteiger charge is -2.13. The molecule has 0 unspecified atom stereocenters. The van der Waals surface area contributed by atoms with E-state index in [0.717, 1.165) is 12.0 Å². The third-order valence-electron chi connectivity index (χ3n) is 3.87. The molecule has 0 spiro atoms. The zero-order valence-electron chi connectivity index (χ0n) is 14.2. The molecule has 5 nitrogen and oxygen atoms in total. The van der Waals surface area contributed by atoms with E-state index in [1.165, 1.54) is 11.8 Å². The number of anilines is 1. The quantitative estimate of drug-likeness (QED) is 0.687. The number of benzene rings is 2. The lowest BCUT2D eigenvalue weighted by Crippen LogP contribution is -2.15. The van der Waals surface area contributed by atoms with Gasteiger partial charge >= 0.3 is 0 Å². The molecule has 134 valence electrons. The minimum absolute atomic E-state index is 0.0857. The van der Waals surface area contributed by atoms with Crippen LogP contribution in [-0.4, -0.2) is 20.1 Å². The van der Waals surface area contributed by atoms with E-state index in [2.05, 4.69) is 18.6 Å². The standard InChI is InChI=1S/C18H22N2O3S2/c1-3-13(2)14-8-10-15(11-9-14)25(22,23)20-16-6-4-5-7-17(16)24-12-18(19)21/h4-11,13,20H,3,12H2,1-2H3,(H2,19,21)/t13-/m0/s1. The monoisotopic (exact) mass is 378 g/mol. The Kier molecular flexibility index (Phi) is 6.50. The smallest absolute Gasteiger partial charge is 0.261 e. The Hall–Kier alpha value is -1.99. The maximum atomic E-state index is 12.6. The summed E-state index contributed by atoms with van der Waals surface area (Å²) in [6.45, 7) is 4.20. The first-order valence-corrected chi connectivity index (χ1v) is 10.4. The second-order valence-electron chi connectivity index (χ2n) is 5.73. The van der Waals surface area contributed by atoms with Crippen LogP contribution in [0.5, 0.6) is 0 Å². The predicted molar refractivity (Wildman–Crippen MR) is 102 cm³/mol. The highest BCUT2D eigenvalue weighted by Crippen LogP contribution is 2.29. The van der Waals surface area contributed by atoms with Gasteiger partial charge in [0, 0.05) is 4.90 Å². The lowest BCUT2D eigenvalue weighted by molar-refractivity contribution is -0.115. The van der Waals surface area contributed by atoms with Gasteiger partial charge in [0.05, 0.1) is 16.3 Å². The number of primary amides is 1. The van der Waals surface area contributed by atoms with Crippen molar-refractivity contribution in [1.29, 1.82) is 0 Å². The summed E-state index contributed by atoms with van der Waals surface area (Å²) in [5.74, 6) is 0.0152. The highest BCUT2D eigenvalue weighted by molar-refractivity contribution is 8.00. The van der Waals surface area contributed by atoms with Crippen molar-refractivity contribution < 1.29 is 13.2 Å². The number of nitrogens with one attached hydrogen (secondary N) is 1. The van der Waals surface area contributed by atoms with Crippen molar-refractivity contribution in [1.82, 2.24) is 0 Å². The Bertz CT molecular complexity index is 834. The van der Waals surface area contributed by atoms with Gasteiger partial charge in [0.2, 0.25) is 5.91 Å². The van der Waals surface area contributed by atoms with Crippen LogP contribution >= 0.6 is 11.8 Å². The van der Waals surface area contributed by atoms with Crippen molar-refractivity contribution >= 4 is 33.4 Å². The van der Waals surface area contributed by atoms with Gasteiger partial charge in [-0.25, -0.2) is 8.42 Å². The molecule has 0 heterocycles. The van der Waals surface area contributed by atoms with Crippen molar-refractivity contribution in [3.8, 4) is 0 Å². The molecule has 1 amide bonds. The summed E-state index contributed by atoms with van der Waals surface area (Å²) >= 11 is 1.20. The van der Waals surface area contributed by atoms with Crippen LogP contribution in [0.3, 0.4) is 0 Å². The van der Waals surface area contributed by atoms with Crippen LogP contribution in [0.4, 0.5) is 5.69 Å². The molecule has 0 saturated heterocycles. The van der Waals surface area contributed by atoms with E-state index in [0.29, 0.717) is 16.5 Å². The van der Waals surface area contributed by atoms with Crippen molar-refractivity contribution in [3.05, 3.63) is 54.1 Å². The molecule has 2 aromatic carbocycles. The third kappa shape index (κ3) is 5.24. The molecule has 2 rings (SSSR count). The van der Waals surface area contributed by atoms with Gasteiger partial charge in [-0.15, -0.1) is 11.8 Å². The van der Waals surface area contributed by atoms with Crippen LogP contribution in [0.1, 0.15) is 31.7 Å². The Balaban J connectivity index is 2.23. The van der Waals surface area contributed by atoms with Gasteiger partial charge in [-0.1, -0.05) is 38.1 Å². The molecule has 0 saturated carbocycles. The molecular formula is C18H22N2O3S2. The molecule has 0 radical (unpaired) electrons. The fourth-order valence-electron chi connectivity index (χ4n) is 2.24. The van der Waals surface area contributed by atoms with Gasteiger partial charge in [-0.05, 0) is 42.2 Å². The summed E-state index contributed by atoms with van der Waals surface area (Å²) in [6, 6.07) is 13.8. The van der Waals surface area contributed by atoms with Crippen molar-refractivity contribution in [2.45, 2.75) is 36.0 Å². The maximum Gasteiger partial charge on any atom is 0.261 e. The fraction of sp³-hybridized carbons (Fsp3) is 0.278. The Morgan fingerprint density at radius 2 is 1.80 bits per heavy atom. The van der Waals surface area contributed by atoms with Crippen molar-refractivity contribution in [2.75, 3.05) is 10.5 Å². The Labute approximate surface area is 153 Å². The largest absolute Gasteiger partial charge is 0.369 e. The van der Waals surface area contributed by atoms with E-state index in [-0.39, 0.29) is 10.6 Å². The normalized spacial score (nSPS) is 12.6. The van der Waals surface area contributed by atoms with Crippen LogP contribution in [0.2, 0.25) is 0 Å². The van der Waals surface area contributed by atoms with Crippen molar-refractivity contribution in [3.63, 3.8) is 0 Å². The zero-order valence-corrected chi connectivity index (χ0v) is 15.9. The first kappa shape index (κ1) is 19.3. The number of carbonyl (C=O) groups excluding carboxylic acids is 1. The van der Waals surface area contributed by atoms with Gasteiger partial charge < -0.3 is 5.73 Å². The highest BCUT2D eigenvalue weighted by Gasteiger charge is 2.17. The molecule has 0 aliphatic rings. The van der Waals surface area contributed by atoms with E-state index in [1.807, 2.05) is 12.1 Å². The Morgan fingerprint density at radius 3 is 2.40 bits per heavy atom. The molecule has 3 N–H and O–H groups in total. The number of amides is 1. The number of thioether (sulfide) groups is 1. The molecule has 0 aromatic heterocycles. The lowest BCUT2D eigenvalue weighted by atomic mass is 9.99. The maximum absolute atomic E-state index is 12.6. The summed E-state index contributed by atoms with van der Waals surface area (Å²) in [5.41, 5.74) is 6.70. The van der Waals surface area contributed by atoms with E-state index >= 15 is 0 Å². The number of nitrogens with two attached hydrogens (primary N) is 1. The molecule has 0 aliphatic carbocycles. The molecule has 0 bridgehead atoms. The van der Waals surface area contributed by atoms with Crippen LogP contribution in [0.25, 0.3) is 0 Å². The number of carbonyl (C=O) groups is 1. The number of sulfonamides is 1. The summed E-state index contributed by atoms with van der Waals surface area (Å²) < 4.78 is 27.9. The Morgan fingerprint density at radius 1 is 1.16 bits per heavy atom. The van der Waals surface area contributed by atoms with Crippen molar-refractivity contribution in [2.24, 2.45) is 5.73 Å². The summed E-state index contributed by atoms with van der Waals surface area (Å²) in [5, 5.41) is 0. The van der Waals surface area contributed by atoms with Gasteiger partial charge in [0.15, 0.2) is 0 Å². The van der Waals surface area contributed by atoms with Gasteiger partial charge in [-0.3, -0.25) is 9.52 Å². The number of hydrogen-bond acceptors (Lipinski definition) is 4. The number of hydrogen-bond donors (Lipinski definition) is 2. The predicted octanol–water partition coefficient (Wildman–Crippen LogP) is 3.58. The average Bonchev–Trinajstić information content (AvgIpc) is 2.60. The number of para-hydroxylation sites is 1. The molecule has 0 fully saturated rings. The highest BCUT2D eigenvalue weighted by atomic mass is 32.2. The zero-order chi connectivity index (χ0) is 18.4. The van der Waals surface area contributed by atoms with Crippen LogP contribution in [0.15, 0.2) is 58.3 Å². The second kappa shape index (κ2) is 8.40. The number of rotatable bonds is 8. The first-order chi connectivity index (χ1) is 11.8. The fourth-order valence-corrected chi connectivity index (χ4v) is 4.13. The minimum atomic E-state index is -3.70. The van der Waals surface area contributed by atoms with Crippen LogP contribution < -0.4 is 10.5 Å². The minimum Gasteiger partial charge on any atom is -0.369 e. The van der Waals surface area contributed by atoms with E-state index in [1.54, 1.807) is 36.4 Å².